The topological polar surface area (TPSA) is 72.5 Å². The molecular formula is C20H16F3NO4S2. The first-order valence-electron chi connectivity index (χ1n) is 8.69. The maximum atomic E-state index is 12.8. The van der Waals surface area contributed by atoms with Crippen LogP contribution in [0.4, 0.5) is 18.9 Å². The Morgan fingerprint density at radius 1 is 1.17 bits per heavy atom. The number of benzene rings is 2. The number of amides is 1. The van der Waals surface area contributed by atoms with Gasteiger partial charge in [-0.2, -0.15) is 13.2 Å². The van der Waals surface area contributed by atoms with E-state index in [2.05, 4.69) is 5.32 Å². The van der Waals surface area contributed by atoms with Crippen molar-refractivity contribution in [1.29, 1.82) is 0 Å². The number of esters is 1. The van der Waals surface area contributed by atoms with Crippen molar-refractivity contribution in [1.82, 2.24) is 0 Å². The van der Waals surface area contributed by atoms with Crippen LogP contribution in [0.2, 0.25) is 0 Å². The minimum atomic E-state index is -4.52. The van der Waals surface area contributed by atoms with Crippen molar-refractivity contribution in [2.75, 3.05) is 18.2 Å². The van der Waals surface area contributed by atoms with Gasteiger partial charge in [-0.25, -0.2) is 0 Å². The molecule has 0 radical (unpaired) electrons. The number of Topliss-reactive ketones (excluding diaryl/α,β-unsaturated/α-hetero) is 1. The third-order valence-corrected chi connectivity index (χ3v) is 6.27. The third kappa shape index (κ3) is 5.37. The van der Waals surface area contributed by atoms with Gasteiger partial charge in [-0.3, -0.25) is 14.4 Å². The van der Waals surface area contributed by atoms with E-state index in [1.807, 2.05) is 6.26 Å². The number of hydrogen-bond donors (Lipinski definition) is 1. The van der Waals surface area contributed by atoms with Crippen LogP contribution >= 0.6 is 23.5 Å². The molecule has 1 amide bonds. The number of thioether (sulfide) groups is 2. The third-order valence-electron chi connectivity index (χ3n) is 4.25. The van der Waals surface area contributed by atoms with E-state index in [1.165, 1.54) is 17.8 Å². The number of fused-ring (bicyclic) bond motifs is 1. The second-order valence-corrected chi connectivity index (χ2v) is 8.45. The van der Waals surface area contributed by atoms with E-state index in [0.717, 1.165) is 28.8 Å². The molecule has 5 nitrogen and oxygen atoms in total. The molecule has 0 saturated heterocycles. The van der Waals surface area contributed by atoms with Crippen molar-refractivity contribution in [3.63, 3.8) is 0 Å². The molecule has 2 aromatic rings. The first kappa shape index (κ1) is 22.2. The van der Waals surface area contributed by atoms with Crippen LogP contribution in [0.15, 0.2) is 52.3 Å². The number of ether oxygens (including phenoxy) is 1. The number of alkyl halides is 3. The molecule has 0 bridgehead atoms. The Bertz CT molecular complexity index is 977. The summed E-state index contributed by atoms with van der Waals surface area (Å²) in [6.45, 7) is -0.456. The molecule has 3 rings (SSSR count). The van der Waals surface area contributed by atoms with Crippen molar-refractivity contribution in [2.24, 2.45) is 0 Å². The van der Waals surface area contributed by atoms with Gasteiger partial charge in [0.05, 0.1) is 22.9 Å². The molecule has 0 aromatic heterocycles. The molecule has 2 aromatic carbocycles. The van der Waals surface area contributed by atoms with Crippen LogP contribution in [-0.4, -0.2) is 35.8 Å². The van der Waals surface area contributed by atoms with Crippen LogP contribution in [0.5, 0.6) is 0 Å². The molecule has 1 heterocycles. The maximum Gasteiger partial charge on any atom is 0.416 e. The first-order valence-corrected chi connectivity index (χ1v) is 10.8. The smallest absolute Gasteiger partial charge is 0.416 e. The van der Waals surface area contributed by atoms with Crippen LogP contribution in [0.25, 0.3) is 0 Å². The molecule has 10 heteroatoms. The largest absolute Gasteiger partial charge is 0.457 e. The van der Waals surface area contributed by atoms with Crippen molar-refractivity contribution in [2.45, 2.75) is 27.6 Å². The molecular weight excluding hydrogens is 439 g/mol. The highest BCUT2D eigenvalue weighted by atomic mass is 32.2. The van der Waals surface area contributed by atoms with Gasteiger partial charge in [-0.1, -0.05) is 12.1 Å². The first-order chi connectivity index (χ1) is 14.2. The van der Waals surface area contributed by atoms with Crippen molar-refractivity contribution in [3.8, 4) is 0 Å². The quantitative estimate of drug-likeness (QED) is 0.388. The summed E-state index contributed by atoms with van der Waals surface area (Å²) in [5.74, 6) is -1.71. The zero-order chi connectivity index (χ0) is 21.9. The van der Waals surface area contributed by atoms with E-state index in [9.17, 15) is 27.6 Å². The van der Waals surface area contributed by atoms with E-state index < -0.39 is 35.5 Å². The Kier molecular flexibility index (Phi) is 6.77. The second kappa shape index (κ2) is 9.13. The van der Waals surface area contributed by atoms with Gasteiger partial charge < -0.3 is 10.1 Å². The SMILES string of the molecule is CSc1ccc(C(=O)COC(=O)CC2Sc3ccc(C(F)(F)F)cc3NC2=O)cc1. The summed E-state index contributed by atoms with van der Waals surface area (Å²) in [6.07, 6.45) is -2.92. The standard InChI is InChI=1S/C20H16F3NO4S2/c1-29-13-5-2-11(3-6-13)15(25)10-28-18(26)9-17-19(27)24-14-8-12(20(21,22)23)4-7-16(14)30-17/h2-8,17H,9-10H2,1H3,(H,24,27). The predicted molar refractivity (Wildman–Crippen MR) is 108 cm³/mol. The monoisotopic (exact) mass is 455 g/mol. The summed E-state index contributed by atoms with van der Waals surface area (Å²) >= 11 is 2.51. The molecule has 30 heavy (non-hydrogen) atoms. The summed E-state index contributed by atoms with van der Waals surface area (Å²) in [5.41, 5.74) is -0.419. The van der Waals surface area contributed by atoms with Crippen molar-refractivity contribution in [3.05, 3.63) is 53.6 Å². The number of carbonyl (C=O) groups excluding carboxylic acids is 3. The molecule has 0 saturated carbocycles. The van der Waals surface area contributed by atoms with E-state index in [4.69, 9.17) is 4.74 Å². The Labute approximate surface area is 178 Å². The minimum Gasteiger partial charge on any atom is -0.457 e. The summed E-state index contributed by atoms with van der Waals surface area (Å²) in [4.78, 5) is 37.8. The molecule has 1 aliphatic heterocycles. The van der Waals surface area contributed by atoms with Gasteiger partial charge >= 0.3 is 12.1 Å². The van der Waals surface area contributed by atoms with Gasteiger partial charge in [0.15, 0.2) is 12.4 Å². The van der Waals surface area contributed by atoms with E-state index in [-0.39, 0.29) is 17.9 Å². The van der Waals surface area contributed by atoms with Gasteiger partial charge in [0.25, 0.3) is 0 Å². The number of ketones is 1. The van der Waals surface area contributed by atoms with Crippen molar-refractivity contribution >= 4 is 46.9 Å². The van der Waals surface area contributed by atoms with Crippen LogP contribution < -0.4 is 5.32 Å². The lowest BCUT2D eigenvalue weighted by atomic mass is 10.1. The average Bonchev–Trinajstić information content (AvgIpc) is 2.71. The second-order valence-electron chi connectivity index (χ2n) is 6.32. The Balaban J connectivity index is 1.56. The fourth-order valence-corrected chi connectivity index (χ4v) is 4.16. The summed E-state index contributed by atoms with van der Waals surface area (Å²) in [6, 6.07) is 9.86. The predicted octanol–water partition coefficient (Wildman–Crippen LogP) is 4.66. The number of halogens is 3. The van der Waals surface area contributed by atoms with Crippen LogP contribution in [0.3, 0.4) is 0 Å². The highest BCUT2D eigenvalue weighted by Crippen LogP contribution is 2.40. The van der Waals surface area contributed by atoms with Crippen LogP contribution in [0, 0.1) is 0 Å². The highest BCUT2D eigenvalue weighted by Gasteiger charge is 2.34. The maximum absolute atomic E-state index is 12.8. The van der Waals surface area contributed by atoms with Gasteiger partial charge in [-0.05, 0) is 36.6 Å². The van der Waals surface area contributed by atoms with Crippen molar-refractivity contribution < 1.29 is 32.3 Å². The van der Waals surface area contributed by atoms with Gasteiger partial charge in [0, 0.05) is 15.4 Å². The minimum absolute atomic E-state index is 0.0494. The normalized spacial score (nSPS) is 15.9. The van der Waals surface area contributed by atoms with E-state index in [0.29, 0.717) is 10.5 Å². The number of nitrogens with one attached hydrogen (secondary N) is 1. The van der Waals surface area contributed by atoms with Crippen LogP contribution in [0.1, 0.15) is 22.3 Å². The van der Waals surface area contributed by atoms with E-state index >= 15 is 0 Å². The summed E-state index contributed by atoms with van der Waals surface area (Å²) < 4.78 is 43.4. The summed E-state index contributed by atoms with van der Waals surface area (Å²) in [5, 5.41) is 1.53. The Hall–Kier alpha value is -2.46. The number of anilines is 1. The number of carbonyl (C=O) groups is 3. The number of hydrogen-bond acceptors (Lipinski definition) is 6. The molecule has 158 valence electrons. The van der Waals surface area contributed by atoms with Gasteiger partial charge in [-0.15, -0.1) is 23.5 Å². The zero-order valence-corrected chi connectivity index (χ0v) is 17.2. The summed E-state index contributed by atoms with van der Waals surface area (Å²) in [7, 11) is 0. The highest BCUT2D eigenvalue weighted by molar-refractivity contribution is 8.01. The number of rotatable bonds is 6. The zero-order valence-electron chi connectivity index (χ0n) is 15.6. The molecule has 1 N–H and O–H groups in total. The lowest BCUT2D eigenvalue weighted by Gasteiger charge is -2.24. The fourth-order valence-electron chi connectivity index (χ4n) is 2.68. The molecule has 1 unspecified atom stereocenters. The molecule has 1 aliphatic rings. The fraction of sp³-hybridized carbons (Fsp3) is 0.250. The molecule has 0 spiro atoms. The van der Waals surface area contributed by atoms with Gasteiger partial charge in [0.2, 0.25) is 5.91 Å². The lowest BCUT2D eigenvalue weighted by Crippen LogP contribution is -2.32. The Morgan fingerprint density at radius 3 is 2.50 bits per heavy atom. The Morgan fingerprint density at radius 2 is 1.87 bits per heavy atom. The molecule has 1 atom stereocenters. The van der Waals surface area contributed by atoms with Gasteiger partial charge in [0.1, 0.15) is 0 Å². The average molecular weight is 455 g/mol. The molecule has 0 fully saturated rings. The van der Waals surface area contributed by atoms with Crippen LogP contribution in [-0.2, 0) is 20.5 Å². The lowest BCUT2D eigenvalue weighted by molar-refractivity contribution is -0.143. The molecule has 0 aliphatic carbocycles. The van der Waals surface area contributed by atoms with E-state index in [1.54, 1.807) is 24.3 Å².